The fourth-order valence-electron chi connectivity index (χ4n) is 3.77. The standard InChI is InChI=1S/C29H44O6/c1-19(10-9-11-21(3)25(31)18-27(32)29(5,6)33)16-24(30)17-20(2)12-13-23-14-15-26(34-7)22(4)28(23)35-8/h11-12,14-16,25,27,31-33H,9-10,13,17-18H2,1-8H3/b19-16+,20-12+,21-11+. The van der Waals surface area contributed by atoms with Gasteiger partial charge in [-0.1, -0.05) is 29.4 Å². The molecule has 6 nitrogen and oxygen atoms in total. The number of aliphatic hydroxyl groups is 3. The Hall–Kier alpha value is -2.41. The van der Waals surface area contributed by atoms with Crippen molar-refractivity contribution in [1.82, 2.24) is 0 Å². The molecule has 0 fully saturated rings. The molecule has 0 heterocycles. The van der Waals surface area contributed by atoms with Crippen LogP contribution < -0.4 is 9.47 Å². The van der Waals surface area contributed by atoms with Gasteiger partial charge in [0.1, 0.15) is 11.5 Å². The number of hydrogen-bond acceptors (Lipinski definition) is 6. The van der Waals surface area contributed by atoms with Gasteiger partial charge in [0.05, 0.1) is 32.0 Å². The summed E-state index contributed by atoms with van der Waals surface area (Å²) in [5.74, 6) is 1.65. The summed E-state index contributed by atoms with van der Waals surface area (Å²) in [6, 6.07) is 3.91. The molecule has 6 heteroatoms. The maximum atomic E-state index is 12.5. The van der Waals surface area contributed by atoms with E-state index >= 15 is 0 Å². The van der Waals surface area contributed by atoms with E-state index in [2.05, 4.69) is 6.08 Å². The van der Waals surface area contributed by atoms with E-state index in [1.807, 2.05) is 39.0 Å². The second-order valence-electron chi connectivity index (χ2n) is 9.88. The fourth-order valence-corrected chi connectivity index (χ4v) is 3.77. The van der Waals surface area contributed by atoms with Crippen molar-refractivity contribution in [1.29, 1.82) is 0 Å². The van der Waals surface area contributed by atoms with Crippen LogP contribution in [0.15, 0.2) is 47.1 Å². The Labute approximate surface area is 211 Å². The second-order valence-corrected chi connectivity index (χ2v) is 9.88. The lowest BCUT2D eigenvalue weighted by atomic mass is 9.93. The van der Waals surface area contributed by atoms with Gasteiger partial charge in [0.25, 0.3) is 0 Å². The minimum atomic E-state index is -1.26. The Morgan fingerprint density at radius 3 is 2.29 bits per heavy atom. The minimum Gasteiger partial charge on any atom is -0.496 e. The van der Waals surface area contributed by atoms with Gasteiger partial charge >= 0.3 is 0 Å². The molecule has 35 heavy (non-hydrogen) atoms. The highest BCUT2D eigenvalue weighted by atomic mass is 16.5. The number of ether oxygens (including phenoxy) is 2. The van der Waals surface area contributed by atoms with Crippen LogP contribution in [0.5, 0.6) is 11.5 Å². The van der Waals surface area contributed by atoms with Gasteiger partial charge < -0.3 is 24.8 Å². The smallest absolute Gasteiger partial charge is 0.159 e. The van der Waals surface area contributed by atoms with Gasteiger partial charge in [-0.2, -0.15) is 0 Å². The maximum absolute atomic E-state index is 12.5. The predicted octanol–water partition coefficient (Wildman–Crippen LogP) is 5.02. The van der Waals surface area contributed by atoms with Crippen LogP contribution in [0.1, 0.15) is 71.4 Å². The molecule has 0 saturated heterocycles. The maximum Gasteiger partial charge on any atom is 0.159 e. The molecule has 2 unspecified atom stereocenters. The van der Waals surface area contributed by atoms with Gasteiger partial charge in [0.2, 0.25) is 0 Å². The molecular formula is C29H44O6. The highest BCUT2D eigenvalue weighted by Gasteiger charge is 2.27. The molecule has 0 radical (unpaired) electrons. The molecule has 0 aliphatic heterocycles. The number of allylic oxidation sites excluding steroid dienone is 5. The lowest BCUT2D eigenvalue weighted by Crippen LogP contribution is -2.38. The van der Waals surface area contributed by atoms with E-state index in [1.165, 1.54) is 13.8 Å². The van der Waals surface area contributed by atoms with Crippen molar-refractivity contribution < 1.29 is 29.6 Å². The average molecular weight is 489 g/mol. The van der Waals surface area contributed by atoms with E-state index in [9.17, 15) is 20.1 Å². The minimum absolute atomic E-state index is 0.0585. The van der Waals surface area contributed by atoms with Crippen LogP contribution in [0.4, 0.5) is 0 Å². The first-order chi connectivity index (χ1) is 16.3. The zero-order chi connectivity index (χ0) is 26.8. The molecule has 0 aliphatic carbocycles. The third-order valence-electron chi connectivity index (χ3n) is 6.19. The Kier molecular flexibility index (Phi) is 12.4. The first-order valence-corrected chi connectivity index (χ1v) is 12.1. The summed E-state index contributed by atoms with van der Waals surface area (Å²) in [6.45, 7) is 10.7. The van der Waals surface area contributed by atoms with E-state index in [1.54, 1.807) is 27.2 Å². The van der Waals surface area contributed by atoms with Crippen molar-refractivity contribution in [3.05, 3.63) is 58.2 Å². The monoisotopic (exact) mass is 488 g/mol. The van der Waals surface area contributed by atoms with Crippen molar-refractivity contribution in [3.8, 4) is 11.5 Å². The SMILES string of the molecule is COc1ccc(C/C=C(\C)CC(=O)/C=C(\C)CC/C=C(\C)C(O)CC(O)C(C)(C)O)c(OC)c1C. The molecule has 2 atom stereocenters. The normalized spacial score (nSPS) is 15.1. The zero-order valence-electron chi connectivity index (χ0n) is 22.6. The number of benzene rings is 1. The van der Waals surface area contributed by atoms with Crippen LogP contribution in [0.2, 0.25) is 0 Å². The van der Waals surface area contributed by atoms with Crippen molar-refractivity contribution in [3.63, 3.8) is 0 Å². The molecule has 196 valence electrons. The number of hydrogen-bond donors (Lipinski definition) is 3. The Bertz CT molecular complexity index is 933. The van der Waals surface area contributed by atoms with E-state index in [-0.39, 0.29) is 12.2 Å². The van der Waals surface area contributed by atoms with Crippen molar-refractivity contribution in [2.45, 2.75) is 91.5 Å². The molecule has 0 aliphatic rings. The third-order valence-corrected chi connectivity index (χ3v) is 6.19. The summed E-state index contributed by atoms with van der Waals surface area (Å²) in [6.07, 6.45) is 6.33. The molecule has 1 aromatic carbocycles. The molecule has 3 N–H and O–H groups in total. The number of rotatable bonds is 14. The summed E-state index contributed by atoms with van der Waals surface area (Å²) in [5, 5.41) is 30.0. The van der Waals surface area contributed by atoms with Gasteiger partial charge in [0.15, 0.2) is 5.78 Å². The summed E-state index contributed by atoms with van der Waals surface area (Å²) in [4.78, 5) is 12.5. The number of ketones is 1. The molecule has 0 aromatic heterocycles. The second kappa shape index (κ2) is 14.2. The van der Waals surface area contributed by atoms with Gasteiger partial charge in [0, 0.05) is 18.4 Å². The highest BCUT2D eigenvalue weighted by Crippen LogP contribution is 2.32. The Morgan fingerprint density at radius 1 is 1.06 bits per heavy atom. The topological polar surface area (TPSA) is 96.2 Å². The molecule has 0 saturated carbocycles. The summed E-state index contributed by atoms with van der Waals surface area (Å²) < 4.78 is 10.9. The molecule has 0 bridgehead atoms. The number of aliphatic hydroxyl groups excluding tert-OH is 2. The van der Waals surface area contributed by atoms with Crippen LogP contribution in [-0.2, 0) is 11.2 Å². The van der Waals surface area contributed by atoms with Crippen LogP contribution in [0, 0.1) is 6.92 Å². The predicted molar refractivity (Wildman–Crippen MR) is 141 cm³/mol. The molecular weight excluding hydrogens is 444 g/mol. The number of carbonyl (C=O) groups excluding carboxylic acids is 1. The first kappa shape index (κ1) is 30.6. The van der Waals surface area contributed by atoms with Crippen LogP contribution in [0.3, 0.4) is 0 Å². The summed E-state index contributed by atoms with van der Waals surface area (Å²) in [5.41, 5.74) is 3.47. The first-order valence-electron chi connectivity index (χ1n) is 12.1. The van der Waals surface area contributed by atoms with Gasteiger partial charge in [-0.25, -0.2) is 0 Å². The molecule has 0 amide bonds. The van der Waals surface area contributed by atoms with Crippen molar-refractivity contribution in [2.75, 3.05) is 14.2 Å². The Balaban J connectivity index is 2.63. The number of carbonyl (C=O) groups is 1. The third kappa shape index (κ3) is 10.4. The molecule has 0 spiro atoms. The number of methoxy groups -OCH3 is 2. The quantitative estimate of drug-likeness (QED) is 0.251. The lowest BCUT2D eigenvalue weighted by molar-refractivity contribution is -0.114. The average Bonchev–Trinajstić information content (AvgIpc) is 2.76. The molecule has 1 aromatic rings. The summed E-state index contributed by atoms with van der Waals surface area (Å²) >= 11 is 0. The van der Waals surface area contributed by atoms with Crippen LogP contribution >= 0.6 is 0 Å². The van der Waals surface area contributed by atoms with E-state index < -0.39 is 17.8 Å². The fraction of sp³-hybridized carbons (Fsp3) is 0.552. The van der Waals surface area contributed by atoms with Gasteiger partial charge in [-0.3, -0.25) is 4.79 Å². The van der Waals surface area contributed by atoms with Crippen LogP contribution in [-0.4, -0.2) is 53.1 Å². The highest BCUT2D eigenvalue weighted by molar-refractivity contribution is 5.91. The largest absolute Gasteiger partial charge is 0.496 e. The lowest BCUT2D eigenvalue weighted by Gasteiger charge is -2.26. The van der Waals surface area contributed by atoms with Crippen molar-refractivity contribution in [2.24, 2.45) is 0 Å². The van der Waals surface area contributed by atoms with Crippen molar-refractivity contribution >= 4 is 5.78 Å². The molecule has 1 rings (SSSR count). The Morgan fingerprint density at radius 2 is 1.71 bits per heavy atom. The van der Waals surface area contributed by atoms with Crippen LogP contribution in [0.25, 0.3) is 0 Å². The van der Waals surface area contributed by atoms with E-state index in [0.717, 1.165) is 39.3 Å². The zero-order valence-corrected chi connectivity index (χ0v) is 22.6. The van der Waals surface area contributed by atoms with Gasteiger partial charge in [-0.15, -0.1) is 0 Å². The van der Waals surface area contributed by atoms with E-state index in [0.29, 0.717) is 25.7 Å². The van der Waals surface area contributed by atoms with Gasteiger partial charge in [-0.05, 0) is 84.1 Å². The summed E-state index contributed by atoms with van der Waals surface area (Å²) in [7, 11) is 3.29. The van der Waals surface area contributed by atoms with E-state index in [4.69, 9.17) is 9.47 Å².